The molecule has 1 rings (SSSR count). The number of nitrogens with zero attached hydrogens (tertiary/aromatic N) is 1. The third kappa shape index (κ3) is 4.12. The fourth-order valence-electron chi connectivity index (χ4n) is 1.36. The van der Waals surface area contributed by atoms with Crippen LogP contribution < -0.4 is 10.7 Å². The molecule has 0 saturated heterocycles. The zero-order valence-corrected chi connectivity index (χ0v) is 10.6. The first kappa shape index (κ1) is 15.8. The van der Waals surface area contributed by atoms with E-state index in [0.717, 1.165) is 6.07 Å². The van der Waals surface area contributed by atoms with E-state index in [1.807, 2.05) is 0 Å². The molecular formula is C11H12F3N3O3. The van der Waals surface area contributed by atoms with Gasteiger partial charge in [0, 0.05) is 14.1 Å². The van der Waals surface area contributed by atoms with Gasteiger partial charge in [0.2, 0.25) is 0 Å². The first-order valence-electron chi connectivity index (χ1n) is 5.30. The van der Waals surface area contributed by atoms with Crippen LogP contribution >= 0.6 is 0 Å². The molecule has 3 N–H and O–H groups in total. The second kappa shape index (κ2) is 5.78. The van der Waals surface area contributed by atoms with Gasteiger partial charge >= 0.3 is 18.2 Å². The quantitative estimate of drug-likeness (QED) is 0.744. The second-order valence-corrected chi connectivity index (χ2v) is 4.02. The number of aromatic carboxylic acids is 1. The lowest BCUT2D eigenvalue weighted by Crippen LogP contribution is -2.39. The number of benzene rings is 1. The van der Waals surface area contributed by atoms with Gasteiger partial charge in [-0.2, -0.15) is 13.2 Å². The van der Waals surface area contributed by atoms with Crippen molar-refractivity contribution in [2.24, 2.45) is 0 Å². The van der Waals surface area contributed by atoms with Crippen molar-refractivity contribution in [2.75, 3.05) is 19.4 Å². The molecule has 0 aliphatic carbocycles. The molecule has 110 valence electrons. The largest absolute Gasteiger partial charge is 0.478 e. The third-order valence-electron chi connectivity index (χ3n) is 2.15. The fourth-order valence-corrected chi connectivity index (χ4v) is 1.36. The predicted molar refractivity (Wildman–Crippen MR) is 64.2 cm³/mol. The van der Waals surface area contributed by atoms with Gasteiger partial charge in [-0.25, -0.2) is 14.6 Å². The third-order valence-corrected chi connectivity index (χ3v) is 2.15. The van der Waals surface area contributed by atoms with Gasteiger partial charge in [-0.3, -0.25) is 5.43 Å². The molecule has 9 heteroatoms. The van der Waals surface area contributed by atoms with Crippen LogP contribution in [0.15, 0.2) is 18.2 Å². The van der Waals surface area contributed by atoms with E-state index in [0.29, 0.717) is 12.1 Å². The number of urea groups is 1. The lowest BCUT2D eigenvalue weighted by Gasteiger charge is -2.15. The van der Waals surface area contributed by atoms with Crippen LogP contribution in [0.3, 0.4) is 0 Å². The minimum absolute atomic E-state index is 0.438. The Morgan fingerprint density at radius 2 is 1.85 bits per heavy atom. The van der Waals surface area contributed by atoms with Crippen molar-refractivity contribution in [3.05, 3.63) is 29.3 Å². The van der Waals surface area contributed by atoms with Crippen LogP contribution in [0, 0.1) is 0 Å². The molecule has 2 amide bonds. The fraction of sp³-hybridized carbons (Fsp3) is 0.273. The number of amides is 2. The highest BCUT2D eigenvalue weighted by molar-refractivity contribution is 6.00. The summed E-state index contributed by atoms with van der Waals surface area (Å²) in [6.07, 6.45) is -4.63. The van der Waals surface area contributed by atoms with Crippen LogP contribution in [-0.2, 0) is 6.18 Å². The molecule has 0 aliphatic rings. The van der Waals surface area contributed by atoms with Crippen molar-refractivity contribution in [1.82, 2.24) is 10.4 Å². The van der Waals surface area contributed by atoms with Crippen molar-refractivity contribution < 1.29 is 27.9 Å². The summed E-state index contributed by atoms with van der Waals surface area (Å²) in [5, 5.41) is 12.2. The zero-order chi connectivity index (χ0) is 15.5. The van der Waals surface area contributed by atoms with Gasteiger partial charge in [0.15, 0.2) is 0 Å². The number of carboxylic acids is 1. The highest BCUT2D eigenvalue weighted by Gasteiger charge is 2.31. The molecule has 6 nitrogen and oxygen atoms in total. The smallest absolute Gasteiger partial charge is 0.416 e. The van der Waals surface area contributed by atoms with E-state index >= 15 is 0 Å². The molecular weight excluding hydrogens is 279 g/mol. The highest BCUT2D eigenvalue weighted by atomic mass is 19.4. The molecule has 0 aromatic heterocycles. The molecule has 1 aromatic carbocycles. The summed E-state index contributed by atoms with van der Waals surface area (Å²) in [4.78, 5) is 22.3. The average molecular weight is 291 g/mol. The van der Waals surface area contributed by atoms with Crippen LogP contribution in [0.25, 0.3) is 0 Å². The van der Waals surface area contributed by atoms with E-state index in [1.165, 1.54) is 19.1 Å². The van der Waals surface area contributed by atoms with E-state index in [-0.39, 0.29) is 0 Å². The van der Waals surface area contributed by atoms with Gasteiger partial charge in [0.1, 0.15) is 0 Å². The molecule has 0 heterocycles. The molecule has 0 radical (unpaired) electrons. The molecule has 0 bridgehead atoms. The number of hydrogen-bond acceptors (Lipinski definition) is 3. The molecule has 20 heavy (non-hydrogen) atoms. The number of hydrogen-bond donors (Lipinski definition) is 3. The maximum absolute atomic E-state index is 12.6. The number of anilines is 1. The molecule has 0 atom stereocenters. The summed E-state index contributed by atoms with van der Waals surface area (Å²) in [5.74, 6) is -1.45. The molecule has 0 aliphatic heterocycles. The Morgan fingerprint density at radius 1 is 1.25 bits per heavy atom. The van der Waals surface area contributed by atoms with Crippen LogP contribution in [0.4, 0.5) is 23.7 Å². The Kier molecular flexibility index (Phi) is 4.56. The number of carbonyl (C=O) groups is 2. The molecule has 0 spiro atoms. The molecule has 1 aromatic rings. The summed E-state index contributed by atoms with van der Waals surface area (Å²) in [5.41, 5.74) is 0.295. The topological polar surface area (TPSA) is 81.7 Å². The summed E-state index contributed by atoms with van der Waals surface area (Å²) in [7, 11) is 2.98. The molecule has 0 saturated carbocycles. The number of rotatable bonds is 3. The molecule has 0 unspecified atom stereocenters. The van der Waals surface area contributed by atoms with Crippen molar-refractivity contribution in [2.45, 2.75) is 6.18 Å². The van der Waals surface area contributed by atoms with Crippen LogP contribution in [-0.4, -0.2) is 36.2 Å². The highest BCUT2D eigenvalue weighted by Crippen LogP contribution is 2.32. The zero-order valence-electron chi connectivity index (χ0n) is 10.6. The van der Waals surface area contributed by atoms with Crippen molar-refractivity contribution in [3.8, 4) is 0 Å². The Bertz CT molecular complexity index is 529. The number of alkyl halides is 3. The van der Waals surface area contributed by atoms with E-state index in [4.69, 9.17) is 5.11 Å². The Morgan fingerprint density at radius 3 is 2.30 bits per heavy atom. The first-order valence-corrected chi connectivity index (χ1v) is 5.30. The monoisotopic (exact) mass is 291 g/mol. The second-order valence-electron chi connectivity index (χ2n) is 4.02. The standard InChI is InChI=1S/C11H12F3N3O3/c1-17(2)16-10(20)15-8-5-6(11(12,13)14)3-4-7(8)9(18)19/h3-5H,1-2H3,(H,18,19)(H2,15,16,20). The van der Waals surface area contributed by atoms with E-state index in [1.54, 1.807) is 0 Å². The Labute approximate surface area is 112 Å². The Hall–Kier alpha value is -2.29. The van der Waals surface area contributed by atoms with Crippen LogP contribution in [0.2, 0.25) is 0 Å². The van der Waals surface area contributed by atoms with Gasteiger partial charge in [-0.05, 0) is 18.2 Å². The minimum atomic E-state index is -4.63. The minimum Gasteiger partial charge on any atom is -0.478 e. The van der Waals surface area contributed by atoms with Gasteiger partial charge in [0.25, 0.3) is 0 Å². The maximum atomic E-state index is 12.6. The van der Waals surface area contributed by atoms with Crippen LogP contribution in [0.1, 0.15) is 15.9 Å². The normalized spacial score (nSPS) is 11.3. The summed E-state index contributed by atoms with van der Waals surface area (Å²) in [6, 6.07) is 1.14. The SMILES string of the molecule is CN(C)NC(=O)Nc1cc(C(F)(F)F)ccc1C(=O)O. The van der Waals surface area contributed by atoms with Crippen molar-refractivity contribution >= 4 is 17.7 Å². The Balaban J connectivity index is 3.13. The number of carbonyl (C=O) groups excluding carboxylic acids is 1. The number of carboxylic acid groups (broad SMARTS) is 1. The average Bonchev–Trinajstić information content (AvgIpc) is 2.25. The number of nitrogens with one attached hydrogen (secondary N) is 2. The van der Waals surface area contributed by atoms with E-state index < -0.39 is 35.0 Å². The first-order chi connectivity index (χ1) is 9.11. The van der Waals surface area contributed by atoms with Crippen LogP contribution in [0.5, 0.6) is 0 Å². The molecule has 0 fully saturated rings. The number of halogens is 3. The summed E-state index contributed by atoms with van der Waals surface area (Å²) in [6.45, 7) is 0. The van der Waals surface area contributed by atoms with E-state index in [2.05, 4.69) is 10.7 Å². The lowest BCUT2D eigenvalue weighted by atomic mass is 10.1. The van der Waals surface area contributed by atoms with Gasteiger partial charge in [-0.15, -0.1) is 0 Å². The van der Waals surface area contributed by atoms with Crippen molar-refractivity contribution in [3.63, 3.8) is 0 Å². The van der Waals surface area contributed by atoms with Gasteiger partial charge in [-0.1, -0.05) is 0 Å². The number of hydrazine groups is 1. The van der Waals surface area contributed by atoms with Crippen molar-refractivity contribution in [1.29, 1.82) is 0 Å². The van der Waals surface area contributed by atoms with Gasteiger partial charge in [0.05, 0.1) is 16.8 Å². The van der Waals surface area contributed by atoms with E-state index in [9.17, 15) is 22.8 Å². The maximum Gasteiger partial charge on any atom is 0.416 e. The summed E-state index contributed by atoms with van der Waals surface area (Å²) >= 11 is 0. The summed E-state index contributed by atoms with van der Waals surface area (Å²) < 4.78 is 37.7. The van der Waals surface area contributed by atoms with Gasteiger partial charge < -0.3 is 10.4 Å². The predicted octanol–water partition coefficient (Wildman–Crippen LogP) is 2.00. The lowest BCUT2D eigenvalue weighted by molar-refractivity contribution is -0.137.